The Labute approximate surface area is 129 Å². The predicted octanol–water partition coefficient (Wildman–Crippen LogP) is 3.45. The average molecular weight is 294 g/mol. The average Bonchev–Trinajstić information content (AvgIpc) is 2.98. The smallest absolute Gasteiger partial charge is 0.270 e. The van der Waals surface area contributed by atoms with E-state index in [9.17, 15) is 4.79 Å². The number of methoxy groups -OCH3 is 1. The molecule has 0 saturated carbocycles. The maximum Gasteiger partial charge on any atom is 0.270 e. The maximum absolute atomic E-state index is 12.5. The van der Waals surface area contributed by atoms with E-state index >= 15 is 0 Å². The first-order chi connectivity index (χ1) is 10.7. The van der Waals surface area contributed by atoms with Gasteiger partial charge >= 0.3 is 0 Å². The molecule has 112 valence electrons. The van der Waals surface area contributed by atoms with Crippen LogP contribution in [0.15, 0.2) is 54.6 Å². The molecule has 0 aliphatic carbocycles. The van der Waals surface area contributed by atoms with Gasteiger partial charge in [-0.05, 0) is 29.8 Å². The Morgan fingerprint density at radius 1 is 1.14 bits per heavy atom. The van der Waals surface area contributed by atoms with Gasteiger partial charge in [0.05, 0.1) is 7.11 Å². The van der Waals surface area contributed by atoms with E-state index in [1.165, 1.54) is 0 Å². The number of hydrogen-bond donors (Lipinski definition) is 1. The molecule has 1 amide bonds. The van der Waals surface area contributed by atoms with Gasteiger partial charge in [0.25, 0.3) is 5.91 Å². The molecule has 3 aromatic rings. The SMILES string of the molecule is COc1cccc(CN(C)C(=O)c2cc3ccccc3[nH]2)c1. The molecule has 0 aliphatic rings. The summed E-state index contributed by atoms with van der Waals surface area (Å²) < 4.78 is 5.21. The molecular weight excluding hydrogens is 276 g/mol. The molecule has 3 rings (SSSR count). The Morgan fingerprint density at radius 3 is 2.73 bits per heavy atom. The highest BCUT2D eigenvalue weighted by molar-refractivity contribution is 5.97. The molecule has 4 heteroatoms. The third-order valence-electron chi connectivity index (χ3n) is 3.66. The van der Waals surface area contributed by atoms with Crippen molar-refractivity contribution in [2.45, 2.75) is 6.54 Å². The van der Waals surface area contributed by atoms with Crippen molar-refractivity contribution in [3.8, 4) is 5.75 Å². The van der Waals surface area contributed by atoms with Crippen LogP contribution in [-0.2, 0) is 6.54 Å². The van der Waals surface area contributed by atoms with Crippen LogP contribution >= 0.6 is 0 Å². The van der Waals surface area contributed by atoms with Gasteiger partial charge in [-0.25, -0.2) is 0 Å². The Hall–Kier alpha value is -2.75. The topological polar surface area (TPSA) is 45.3 Å². The first kappa shape index (κ1) is 14.2. The summed E-state index contributed by atoms with van der Waals surface area (Å²) in [6.07, 6.45) is 0. The first-order valence-electron chi connectivity index (χ1n) is 7.13. The van der Waals surface area contributed by atoms with Crippen molar-refractivity contribution in [1.29, 1.82) is 0 Å². The van der Waals surface area contributed by atoms with Gasteiger partial charge in [0.2, 0.25) is 0 Å². The van der Waals surface area contributed by atoms with Crippen molar-refractivity contribution in [3.05, 3.63) is 65.9 Å². The van der Waals surface area contributed by atoms with Gasteiger partial charge in [0.15, 0.2) is 0 Å². The van der Waals surface area contributed by atoms with Crippen molar-refractivity contribution in [3.63, 3.8) is 0 Å². The van der Waals surface area contributed by atoms with Crippen LogP contribution in [0, 0.1) is 0 Å². The van der Waals surface area contributed by atoms with Crippen LogP contribution in [0.1, 0.15) is 16.1 Å². The highest BCUT2D eigenvalue weighted by atomic mass is 16.5. The molecule has 0 fully saturated rings. The normalized spacial score (nSPS) is 10.6. The zero-order valence-corrected chi connectivity index (χ0v) is 12.7. The molecule has 2 aromatic carbocycles. The second-order valence-electron chi connectivity index (χ2n) is 5.28. The molecule has 0 unspecified atom stereocenters. The van der Waals surface area contributed by atoms with Crippen molar-refractivity contribution in [2.75, 3.05) is 14.2 Å². The van der Waals surface area contributed by atoms with Gasteiger partial charge in [0, 0.05) is 24.5 Å². The predicted molar refractivity (Wildman–Crippen MR) is 87.1 cm³/mol. The van der Waals surface area contributed by atoms with Crippen LogP contribution in [0.2, 0.25) is 0 Å². The molecule has 1 aromatic heterocycles. The number of fused-ring (bicyclic) bond motifs is 1. The molecule has 0 saturated heterocycles. The van der Waals surface area contributed by atoms with E-state index in [2.05, 4.69) is 4.98 Å². The van der Waals surface area contributed by atoms with E-state index in [0.29, 0.717) is 12.2 Å². The summed E-state index contributed by atoms with van der Waals surface area (Å²) in [6.45, 7) is 0.533. The van der Waals surface area contributed by atoms with Gasteiger partial charge in [0.1, 0.15) is 11.4 Å². The molecule has 0 atom stereocenters. The number of carbonyl (C=O) groups excluding carboxylic acids is 1. The van der Waals surface area contributed by atoms with Gasteiger partial charge in [-0.1, -0.05) is 30.3 Å². The monoisotopic (exact) mass is 294 g/mol. The van der Waals surface area contributed by atoms with Crippen LogP contribution in [0.25, 0.3) is 10.9 Å². The number of H-pyrrole nitrogens is 1. The zero-order valence-electron chi connectivity index (χ0n) is 12.7. The molecule has 22 heavy (non-hydrogen) atoms. The summed E-state index contributed by atoms with van der Waals surface area (Å²) in [4.78, 5) is 17.4. The maximum atomic E-state index is 12.5. The Kier molecular flexibility index (Phi) is 3.83. The second-order valence-corrected chi connectivity index (χ2v) is 5.28. The lowest BCUT2D eigenvalue weighted by atomic mass is 10.2. The number of para-hydroxylation sites is 1. The third kappa shape index (κ3) is 2.81. The van der Waals surface area contributed by atoms with Crippen LogP contribution in [0.3, 0.4) is 0 Å². The number of rotatable bonds is 4. The Morgan fingerprint density at radius 2 is 1.95 bits per heavy atom. The van der Waals surface area contributed by atoms with Crippen LogP contribution < -0.4 is 4.74 Å². The number of ether oxygens (including phenoxy) is 1. The van der Waals surface area contributed by atoms with E-state index in [1.54, 1.807) is 19.1 Å². The van der Waals surface area contributed by atoms with Crippen molar-refractivity contribution in [1.82, 2.24) is 9.88 Å². The molecular formula is C18H18N2O2. The quantitative estimate of drug-likeness (QED) is 0.801. The number of nitrogens with zero attached hydrogens (tertiary/aromatic N) is 1. The van der Waals surface area contributed by atoms with E-state index in [4.69, 9.17) is 4.74 Å². The van der Waals surface area contributed by atoms with Gasteiger partial charge in [-0.15, -0.1) is 0 Å². The lowest BCUT2D eigenvalue weighted by Gasteiger charge is -2.16. The standard InChI is InChI=1S/C18H18N2O2/c1-20(12-13-6-5-8-15(10-13)22-2)18(21)17-11-14-7-3-4-9-16(14)19-17/h3-11,19H,12H2,1-2H3. The minimum atomic E-state index is -0.0287. The van der Waals surface area contributed by atoms with Gasteiger partial charge in [-0.2, -0.15) is 0 Å². The first-order valence-corrected chi connectivity index (χ1v) is 7.13. The summed E-state index contributed by atoms with van der Waals surface area (Å²) in [5.74, 6) is 0.767. The summed E-state index contributed by atoms with van der Waals surface area (Å²) >= 11 is 0. The van der Waals surface area contributed by atoms with Crippen molar-refractivity contribution in [2.24, 2.45) is 0 Å². The summed E-state index contributed by atoms with van der Waals surface area (Å²) in [5, 5.41) is 1.04. The molecule has 0 aliphatic heterocycles. The van der Waals surface area contributed by atoms with E-state index in [-0.39, 0.29) is 5.91 Å². The van der Waals surface area contributed by atoms with Crippen LogP contribution in [-0.4, -0.2) is 29.9 Å². The molecule has 0 spiro atoms. The van der Waals surface area contributed by atoms with E-state index in [0.717, 1.165) is 22.2 Å². The van der Waals surface area contributed by atoms with Crippen LogP contribution in [0.5, 0.6) is 5.75 Å². The fraction of sp³-hybridized carbons (Fsp3) is 0.167. The minimum absolute atomic E-state index is 0.0287. The summed E-state index contributed by atoms with van der Waals surface area (Å²) in [7, 11) is 3.44. The third-order valence-corrected chi connectivity index (χ3v) is 3.66. The number of amides is 1. The van der Waals surface area contributed by atoms with E-state index < -0.39 is 0 Å². The minimum Gasteiger partial charge on any atom is -0.497 e. The highest BCUT2D eigenvalue weighted by Gasteiger charge is 2.14. The number of benzene rings is 2. The molecule has 1 heterocycles. The second kappa shape index (κ2) is 5.93. The molecule has 1 N–H and O–H groups in total. The number of aromatic amines is 1. The fourth-order valence-corrected chi connectivity index (χ4v) is 2.51. The number of nitrogens with one attached hydrogen (secondary N) is 1. The molecule has 4 nitrogen and oxygen atoms in total. The van der Waals surface area contributed by atoms with Gasteiger partial charge < -0.3 is 14.6 Å². The molecule has 0 bridgehead atoms. The lowest BCUT2D eigenvalue weighted by molar-refractivity contribution is 0.0780. The van der Waals surface area contributed by atoms with E-state index in [1.807, 2.05) is 54.6 Å². The number of aromatic nitrogens is 1. The summed E-state index contributed by atoms with van der Waals surface area (Å²) in [6, 6.07) is 17.5. The summed E-state index contributed by atoms with van der Waals surface area (Å²) in [5.41, 5.74) is 2.61. The largest absolute Gasteiger partial charge is 0.497 e. The Balaban J connectivity index is 1.78. The highest BCUT2D eigenvalue weighted by Crippen LogP contribution is 2.18. The molecule has 0 radical (unpaired) electrons. The van der Waals surface area contributed by atoms with Crippen LogP contribution in [0.4, 0.5) is 0 Å². The van der Waals surface area contributed by atoms with Crippen molar-refractivity contribution < 1.29 is 9.53 Å². The Bertz CT molecular complexity index is 774. The number of hydrogen-bond acceptors (Lipinski definition) is 2. The number of carbonyl (C=O) groups is 1. The van der Waals surface area contributed by atoms with Gasteiger partial charge in [-0.3, -0.25) is 4.79 Å². The zero-order chi connectivity index (χ0) is 15.5. The fourth-order valence-electron chi connectivity index (χ4n) is 2.51. The lowest BCUT2D eigenvalue weighted by Crippen LogP contribution is -2.26. The van der Waals surface area contributed by atoms with Crippen molar-refractivity contribution >= 4 is 16.8 Å².